The van der Waals surface area contributed by atoms with Crippen molar-refractivity contribution in [3.63, 3.8) is 0 Å². The summed E-state index contributed by atoms with van der Waals surface area (Å²) in [4.78, 5) is 25.7. The molecule has 2 aromatic carbocycles. The molecule has 3 aromatic rings. The number of carbonyl (C=O) groups excluding carboxylic acids is 1. The van der Waals surface area contributed by atoms with Crippen molar-refractivity contribution in [2.75, 3.05) is 31.1 Å². The number of piperidine rings is 1. The van der Waals surface area contributed by atoms with Crippen LogP contribution in [0.15, 0.2) is 54.7 Å². The third kappa shape index (κ3) is 6.63. The van der Waals surface area contributed by atoms with E-state index in [1.54, 1.807) is 12.3 Å². The Kier molecular flexibility index (Phi) is 8.08. The van der Waals surface area contributed by atoms with E-state index in [2.05, 4.69) is 29.8 Å². The molecule has 2 saturated heterocycles. The van der Waals surface area contributed by atoms with Gasteiger partial charge in [0.15, 0.2) is 0 Å². The van der Waals surface area contributed by atoms with E-state index < -0.39 is 5.60 Å². The molecule has 0 aliphatic carbocycles. The number of nitriles is 1. The van der Waals surface area contributed by atoms with E-state index in [-0.39, 0.29) is 16.9 Å². The third-order valence-electron chi connectivity index (χ3n) is 8.22. The molecule has 0 saturated carbocycles. The number of anilines is 1. The maximum Gasteiger partial charge on any atom is 0.410 e. The Balaban J connectivity index is 1.15. The smallest absolute Gasteiger partial charge is 0.410 e. The first-order valence-corrected chi connectivity index (χ1v) is 14.7. The molecule has 0 bridgehead atoms. The first-order chi connectivity index (χ1) is 19.9. The number of hydrogen-bond donors (Lipinski definition) is 0. The lowest BCUT2D eigenvalue weighted by Crippen LogP contribution is -2.62. The largest absolute Gasteiger partial charge is 0.487 e. The van der Waals surface area contributed by atoms with Gasteiger partial charge >= 0.3 is 6.09 Å². The molecule has 42 heavy (non-hydrogen) atoms. The molecule has 1 aromatic heterocycles. The third-order valence-corrected chi connectivity index (χ3v) is 8.44. The predicted molar refractivity (Wildman–Crippen MR) is 163 cm³/mol. The number of amides is 1. The molecule has 2 aliphatic rings. The fourth-order valence-electron chi connectivity index (χ4n) is 5.64. The number of rotatable bonds is 6. The predicted octanol–water partition coefficient (Wildman–Crippen LogP) is 6.74. The first-order valence-electron chi connectivity index (χ1n) is 14.4. The molecule has 1 amide bonds. The summed E-state index contributed by atoms with van der Waals surface area (Å²) in [7, 11) is 0. The van der Waals surface area contributed by atoms with Crippen molar-refractivity contribution in [1.82, 2.24) is 14.9 Å². The fourth-order valence-corrected chi connectivity index (χ4v) is 5.88. The van der Waals surface area contributed by atoms with Crippen LogP contribution in [0.3, 0.4) is 0 Å². The van der Waals surface area contributed by atoms with Crippen molar-refractivity contribution < 1.29 is 14.3 Å². The maximum atomic E-state index is 12.4. The standard InChI is InChI=1S/C33H38ClN5O3/c1-31(2,3)42-30(40)39-21-33(22-39)11-14-38(15-12-33)29-36-13-10-27(37-29)20-41-28-8-6-24(7-9-28)32(4,5)25-16-23(19-35)17-26(34)18-25/h6-10,13,16-18H,11-12,14-15,20-22H2,1-5H3. The molecule has 3 heterocycles. The second-order valence-corrected chi connectivity index (χ2v) is 13.4. The molecule has 5 rings (SSSR count). The van der Waals surface area contributed by atoms with Crippen LogP contribution in [0, 0.1) is 16.7 Å². The quantitative estimate of drug-likeness (QED) is 0.315. The minimum atomic E-state index is -0.475. The Bertz CT molecular complexity index is 1480. The highest BCUT2D eigenvalue weighted by Crippen LogP contribution is 2.41. The van der Waals surface area contributed by atoms with E-state index in [1.807, 2.05) is 68.1 Å². The van der Waals surface area contributed by atoms with Crippen molar-refractivity contribution in [1.29, 1.82) is 5.26 Å². The van der Waals surface area contributed by atoms with E-state index in [1.165, 1.54) is 0 Å². The number of ether oxygens (including phenoxy) is 2. The minimum absolute atomic E-state index is 0.166. The van der Waals surface area contributed by atoms with Crippen LogP contribution in [-0.2, 0) is 16.8 Å². The van der Waals surface area contributed by atoms with Gasteiger partial charge in [-0.15, -0.1) is 0 Å². The maximum absolute atomic E-state index is 12.4. The highest BCUT2D eigenvalue weighted by molar-refractivity contribution is 6.30. The summed E-state index contributed by atoms with van der Waals surface area (Å²) >= 11 is 6.26. The van der Waals surface area contributed by atoms with Crippen LogP contribution in [-0.4, -0.2) is 52.7 Å². The van der Waals surface area contributed by atoms with Gasteiger partial charge in [0.05, 0.1) is 17.3 Å². The summed E-state index contributed by atoms with van der Waals surface area (Å²) in [5, 5.41) is 9.89. The Morgan fingerprint density at radius 1 is 1.02 bits per heavy atom. The van der Waals surface area contributed by atoms with Crippen LogP contribution >= 0.6 is 11.6 Å². The van der Waals surface area contributed by atoms with Crippen LogP contribution in [0.4, 0.5) is 10.7 Å². The molecular weight excluding hydrogens is 550 g/mol. The second-order valence-electron chi connectivity index (χ2n) is 12.9. The lowest BCUT2D eigenvalue weighted by molar-refractivity contribution is -0.0435. The molecule has 1 spiro atoms. The zero-order valence-corrected chi connectivity index (χ0v) is 25.7. The number of halogens is 1. The number of aromatic nitrogens is 2. The Labute approximate surface area is 253 Å². The second kappa shape index (κ2) is 11.4. The number of hydrogen-bond acceptors (Lipinski definition) is 7. The zero-order chi connectivity index (χ0) is 30.1. The molecule has 0 radical (unpaired) electrons. The van der Waals surface area contributed by atoms with Gasteiger partial charge in [0.1, 0.15) is 18.0 Å². The van der Waals surface area contributed by atoms with Gasteiger partial charge in [-0.3, -0.25) is 0 Å². The molecular formula is C33H38ClN5O3. The fraction of sp³-hybridized carbons (Fsp3) is 0.455. The molecule has 0 unspecified atom stereocenters. The monoisotopic (exact) mass is 587 g/mol. The van der Waals surface area contributed by atoms with Crippen LogP contribution in [0.5, 0.6) is 5.75 Å². The Hall–Kier alpha value is -3.83. The lowest BCUT2D eigenvalue weighted by Gasteiger charge is -2.53. The van der Waals surface area contributed by atoms with Crippen LogP contribution in [0.1, 0.15) is 69.8 Å². The molecule has 0 N–H and O–H groups in total. The molecule has 9 heteroatoms. The van der Waals surface area contributed by atoms with Gasteiger partial charge in [0.25, 0.3) is 0 Å². The van der Waals surface area contributed by atoms with Crippen molar-refractivity contribution in [2.45, 2.75) is 65.1 Å². The molecule has 0 atom stereocenters. The summed E-state index contributed by atoms with van der Waals surface area (Å²) in [6.45, 7) is 13.5. The first kappa shape index (κ1) is 29.7. The Morgan fingerprint density at radius 3 is 2.36 bits per heavy atom. The number of carbonyl (C=O) groups is 1. The summed E-state index contributed by atoms with van der Waals surface area (Å²) in [5.41, 5.74) is 2.79. The van der Waals surface area contributed by atoms with Crippen molar-refractivity contribution in [3.8, 4) is 11.8 Å². The van der Waals surface area contributed by atoms with Gasteiger partial charge < -0.3 is 19.3 Å². The van der Waals surface area contributed by atoms with Crippen LogP contribution < -0.4 is 9.64 Å². The van der Waals surface area contributed by atoms with Gasteiger partial charge in [-0.25, -0.2) is 14.8 Å². The van der Waals surface area contributed by atoms with E-state index >= 15 is 0 Å². The van der Waals surface area contributed by atoms with E-state index in [4.69, 9.17) is 26.1 Å². The molecule has 2 fully saturated rings. The van der Waals surface area contributed by atoms with Crippen LogP contribution in [0.2, 0.25) is 5.02 Å². The zero-order valence-electron chi connectivity index (χ0n) is 25.0. The van der Waals surface area contributed by atoms with Crippen molar-refractivity contribution in [2.24, 2.45) is 5.41 Å². The summed E-state index contributed by atoms with van der Waals surface area (Å²) in [6, 6.07) is 17.5. The normalized spacial score (nSPS) is 16.5. The highest BCUT2D eigenvalue weighted by atomic mass is 35.5. The highest BCUT2D eigenvalue weighted by Gasteiger charge is 2.48. The van der Waals surface area contributed by atoms with Crippen molar-refractivity contribution >= 4 is 23.6 Å². The number of nitrogens with zero attached hydrogens (tertiary/aromatic N) is 5. The van der Waals surface area contributed by atoms with Gasteiger partial charge in [-0.05, 0) is 81.1 Å². The van der Waals surface area contributed by atoms with Gasteiger partial charge in [0.2, 0.25) is 5.95 Å². The molecule has 8 nitrogen and oxygen atoms in total. The average molecular weight is 588 g/mol. The van der Waals surface area contributed by atoms with E-state index in [0.717, 1.165) is 61.6 Å². The summed E-state index contributed by atoms with van der Waals surface area (Å²) in [5.74, 6) is 1.46. The lowest BCUT2D eigenvalue weighted by atomic mass is 9.72. The Morgan fingerprint density at radius 2 is 1.71 bits per heavy atom. The average Bonchev–Trinajstić information content (AvgIpc) is 2.94. The number of benzene rings is 2. The molecule has 2 aliphatic heterocycles. The van der Waals surface area contributed by atoms with Gasteiger partial charge in [0, 0.05) is 48.2 Å². The van der Waals surface area contributed by atoms with Crippen molar-refractivity contribution in [3.05, 3.63) is 82.1 Å². The van der Waals surface area contributed by atoms with Gasteiger partial charge in [-0.1, -0.05) is 37.6 Å². The van der Waals surface area contributed by atoms with Gasteiger partial charge in [-0.2, -0.15) is 5.26 Å². The summed E-state index contributed by atoms with van der Waals surface area (Å²) in [6.07, 6.45) is 3.55. The van der Waals surface area contributed by atoms with E-state index in [9.17, 15) is 10.1 Å². The summed E-state index contributed by atoms with van der Waals surface area (Å²) < 4.78 is 11.6. The number of likely N-dealkylation sites (tertiary alicyclic amines) is 1. The minimum Gasteiger partial charge on any atom is -0.487 e. The SMILES string of the molecule is CC(C)(C)OC(=O)N1CC2(CCN(c3nccc(COc4ccc(C(C)(C)c5cc(Cl)cc(C#N)c5)cc4)n3)CC2)C1. The van der Waals surface area contributed by atoms with Crippen LogP contribution in [0.25, 0.3) is 0 Å². The topological polar surface area (TPSA) is 91.6 Å². The van der Waals surface area contributed by atoms with E-state index in [0.29, 0.717) is 23.1 Å². The molecule has 220 valence electrons.